The molecule has 7 nitrogen and oxygen atoms in total. The average molecular weight is 398 g/mol. The maximum atomic E-state index is 11.6. The van der Waals surface area contributed by atoms with Gasteiger partial charge >= 0.3 is 0 Å². The molecule has 0 spiro atoms. The molecule has 0 bridgehead atoms. The third-order valence-corrected chi connectivity index (χ3v) is 5.54. The molecule has 0 aliphatic carbocycles. The van der Waals surface area contributed by atoms with E-state index in [-0.39, 0.29) is 24.4 Å². The van der Waals surface area contributed by atoms with Gasteiger partial charge in [0, 0.05) is 32.0 Å². The molecule has 1 heterocycles. The highest BCUT2D eigenvalue weighted by atomic mass is 32.2. The predicted octanol–water partition coefficient (Wildman–Crippen LogP) is 1.76. The molecule has 0 radical (unpaired) electrons. The largest absolute Gasteiger partial charge is 0.493 e. The minimum atomic E-state index is -0.0843. The number of amides is 1. The first-order chi connectivity index (χ1) is 13.2. The first kappa shape index (κ1) is 21.8. The van der Waals surface area contributed by atoms with Gasteiger partial charge in [0.15, 0.2) is 11.5 Å². The second kappa shape index (κ2) is 12.1. The smallest absolute Gasteiger partial charge is 0.223 e. The van der Waals surface area contributed by atoms with Crippen molar-refractivity contribution in [3.05, 3.63) is 23.3 Å². The summed E-state index contributed by atoms with van der Waals surface area (Å²) in [6.07, 6.45) is 3.72. The number of hydrogen-bond acceptors (Lipinski definition) is 7. The Kier molecular flexibility index (Phi) is 9.75. The third-order valence-electron chi connectivity index (χ3n) is 4.32. The van der Waals surface area contributed by atoms with Gasteiger partial charge in [-0.2, -0.15) is 0 Å². The zero-order valence-corrected chi connectivity index (χ0v) is 16.8. The summed E-state index contributed by atoms with van der Waals surface area (Å²) in [6, 6.07) is 3.89. The summed E-state index contributed by atoms with van der Waals surface area (Å²) in [6.45, 7) is 2.41. The van der Waals surface area contributed by atoms with Crippen molar-refractivity contribution in [3.63, 3.8) is 0 Å². The number of thioether (sulfide) groups is 1. The second-order valence-electron chi connectivity index (χ2n) is 6.32. The van der Waals surface area contributed by atoms with Crippen LogP contribution >= 0.6 is 11.8 Å². The summed E-state index contributed by atoms with van der Waals surface area (Å²) in [4.78, 5) is 11.6. The summed E-state index contributed by atoms with van der Waals surface area (Å²) in [5.41, 5.74) is 13.7. The van der Waals surface area contributed by atoms with Crippen LogP contribution in [0.4, 0.5) is 0 Å². The molecule has 1 aromatic carbocycles. The number of carbonyl (C=O) groups is 1. The third kappa shape index (κ3) is 7.21. The fraction of sp³-hybridized carbons (Fsp3) is 0.632. The maximum Gasteiger partial charge on any atom is 0.223 e. The zero-order valence-electron chi connectivity index (χ0n) is 16.0. The van der Waals surface area contributed by atoms with Crippen LogP contribution in [0.5, 0.6) is 11.5 Å². The quantitative estimate of drug-likeness (QED) is 0.522. The fourth-order valence-corrected chi connectivity index (χ4v) is 3.98. The SMILES string of the molecule is COc1cc(CSC2CCCCO2)c(CN)cc1OCCC(=O)NCCN. The zero-order chi connectivity index (χ0) is 19.5. The molecule has 1 atom stereocenters. The van der Waals surface area contributed by atoms with Gasteiger partial charge in [-0.25, -0.2) is 0 Å². The summed E-state index contributed by atoms with van der Waals surface area (Å²) in [5, 5.41) is 2.72. The lowest BCUT2D eigenvalue weighted by Crippen LogP contribution is -2.29. The summed E-state index contributed by atoms with van der Waals surface area (Å²) < 4.78 is 17.0. The summed E-state index contributed by atoms with van der Waals surface area (Å²) in [7, 11) is 1.61. The van der Waals surface area contributed by atoms with E-state index in [1.54, 1.807) is 18.9 Å². The van der Waals surface area contributed by atoms with Gasteiger partial charge in [0.1, 0.15) is 5.44 Å². The van der Waals surface area contributed by atoms with Crippen LogP contribution in [-0.4, -0.2) is 44.8 Å². The molecule has 2 rings (SSSR count). The van der Waals surface area contributed by atoms with Gasteiger partial charge in [-0.05, 0) is 42.5 Å². The van der Waals surface area contributed by atoms with Crippen LogP contribution in [0.25, 0.3) is 0 Å². The molecule has 0 saturated carbocycles. The van der Waals surface area contributed by atoms with Crippen LogP contribution in [0.15, 0.2) is 12.1 Å². The van der Waals surface area contributed by atoms with E-state index in [0.717, 1.165) is 36.3 Å². The molecule has 27 heavy (non-hydrogen) atoms. The van der Waals surface area contributed by atoms with Crippen molar-refractivity contribution < 1.29 is 19.0 Å². The van der Waals surface area contributed by atoms with E-state index in [2.05, 4.69) is 5.32 Å². The lowest BCUT2D eigenvalue weighted by atomic mass is 10.1. The van der Waals surface area contributed by atoms with Gasteiger partial charge in [-0.3, -0.25) is 4.79 Å². The van der Waals surface area contributed by atoms with E-state index in [9.17, 15) is 4.79 Å². The Morgan fingerprint density at radius 2 is 2.11 bits per heavy atom. The predicted molar refractivity (Wildman–Crippen MR) is 108 cm³/mol. The van der Waals surface area contributed by atoms with Gasteiger partial charge in [-0.1, -0.05) is 0 Å². The first-order valence-corrected chi connectivity index (χ1v) is 10.5. The van der Waals surface area contributed by atoms with E-state index in [1.165, 1.54) is 6.42 Å². The highest BCUT2D eigenvalue weighted by Crippen LogP contribution is 2.34. The molecule has 5 N–H and O–H groups in total. The molecule has 0 aromatic heterocycles. The average Bonchev–Trinajstić information content (AvgIpc) is 2.71. The Labute approximate surface area is 165 Å². The second-order valence-corrected chi connectivity index (χ2v) is 7.47. The fourth-order valence-electron chi connectivity index (χ4n) is 2.82. The summed E-state index contributed by atoms with van der Waals surface area (Å²) >= 11 is 1.80. The number of benzene rings is 1. The number of rotatable bonds is 11. The molecule has 1 aromatic rings. The number of hydrogen-bond donors (Lipinski definition) is 3. The van der Waals surface area contributed by atoms with Crippen molar-refractivity contribution in [3.8, 4) is 11.5 Å². The molecular formula is C19H31N3O4S. The van der Waals surface area contributed by atoms with Crippen molar-refractivity contribution in [2.75, 3.05) is 33.4 Å². The Hall–Kier alpha value is -1.48. The number of methoxy groups -OCH3 is 1. The molecule has 8 heteroatoms. The van der Waals surface area contributed by atoms with E-state index in [4.69, 9.17) is 25.7 Å². The maximum absolute atomic E-state index is 11.6. The first-order valence-electron chi connectivity index (χ1n) is 9.40. The van der Waals surface area contributed by atoms with Crippen LogP contribution in [-0.2, 0) is 21.8 Å². The minimum absolute atomic E-state index is 0.0843. The number of carbonyl (C=O) groups excluding carboxylic acids is 1. The highest BCUT2D eigenvalue weighted by Gasteiger charge is 2.17. The minimum Gasteiger partial charge on any atom is -0.493 e. The van der Waals surface area contributed by atoms with Crippen molar-refractivity contribution in [1.82, 2.24) is 5.32 Å². The molecule has 1 saturated heterocycles. The standard InChI is InChI=1S/C19H31N3O4S/c1-24-16-11-15(13-27-19-4-2-3-8-26-19)14(12-21)10-17(16)25-9-5-18(23)22-7-6-20/h10-11,19H,2-9,12-13,20-21H2,1H3,(H,22,23). The monoisotopic (exact) mass is 397 g/mol. The van der Waals surface area contributed by atoms with Crippen molar-refractivity contribution in [2.24, 2.45) is 11.5 Å². The van der Waals surface area contributed by atoms with Gasteiger partial charge in [0.2, 0.25) is 5.91 Å². The van der Waals surface area contributed by atoms with Crippen LogP contribution in [0, 0.1) is 0 Å². The Morgan fingerprint density at radius 1 is 1.30 bits per heavy atom. The van der Waals surface area contributed by atoms with Crippen LogP contribution in [0.1, 0.15) is 36.8 Å². The van der Waals surface area contributed by atoms with E-state index in [0.29, 0.717) is 31.1 Å². The molecule has 1 fully saturated rings. The molecule has 152 valence electrons. The number of ether oxygens (including phenoxy) is 3. The van der Waals surface area contributed by atoms with Crippen molar-refractivity contribution in [1.29, 1.82) is 0 Å². The molecule has 1 unspecified atom stereocenters. The highest BCUT2D eigenvalue weighted by molar-refractivity contribution is 7.99. The van der Waals surface area contributed by atoms with Crippen molar-refractivity contribution in [2.45, 2.75) is 43.4 Å². The van der Waals surface area contributed by atoms with Gasteiger partial charge in [-0.15, -0.1) is 11.8 Å². The Morgan fingerprint density at radius 3 is 2.78 bits per heavy atom. The number of nitrogens with one attached hydrogen (secondary N) is 1. The van der Waals surface area contributed by atoms with Crippen LogP contribution < -0.4 is 26.3 Å². The van der Waals surface area contributed by atoms with Crippen LogP contribution in [0.3, 0.4) is 0 Å². The van der Waals surface area contributed by atoms with Crippen molar-refractivity contribution >= 4 is 17.7 Å². The van der Waals surface area contributed by atoms with E-state index < -0.39 is 0 Å². The molecular weight excluding hydrogens is 366 g/mol. The topological polar surface area (TPSA) is 109 Å². The lowest BCUT2D eigenvalue weighted by molar-refractivity contribution is -0.121. The van der Waals surface area contributed by atoms with Gasteiger partial charge in [0.25, 0.3) is 0 Å². The molecule has 1 aliphatic rings. The Bertz CT molecular complexity index is 595. The molecule has 1 aliphatic heterocycles. The summed E-state index contributed by atoms with van der Waals surface area (Å²) in [5.74, 6) is 1.98. The lowest BCUT2D eigenvalue weighted by Gasteiger charge is -2.22. The number of nitrogens with two attached hydrogens (primary N) is 2. The van der Waals surface area contributed by atoms with Gasteiger partial charge < -0.3 is 31.0 Å². The van der Waals surface area contributed by atoms with E-state index in [1.807, 2.05) is 12.1 Å². The van der Waals surface area contributed by atoms with Crippen LogP contribution in [0.2, 0.25) is 0 Å². The molecule has 1 amide bonds. The van der Waals surface area contributed by atoms with E-state index >= 15 is 0 Å². The normalized spacial score (nSPS) is 16.8. The van der Waals surface area contributed by atoms with Gasteiger partial charge in [0.05, 0.1) is 20.1 Å². The Balaban J connectivity index is 1.96.